The number of nitrogens with zero attached hydrogens (tertiary/aromatic N) is 1. The van der Waals surface area contributed by atoms with Crippen molar-refractivity contribution >= 4 is 17.3 Å². The molecule has 3 N–H and O–H groups in total. The van der Waals surface area contributed by atoms with E-state index in [4.69, 9.17) is 15.2 Å². The normalized spacial score (nSPS) is 10.0. The first kappa shape index (κ1) is 14.6. The van der Waals surface area contributed by atoms with E-state index >= 15 is 0 Å². The van der Waals surface area contributed by atoms with Gasteiger partial charge in [0.2, 0.25) is 5.91 Å². The maximum Gasteiger partial charge on any atom is 0.228 e. The summed E-state index contributed by atoms with van der Waals surface area (Å²) in [7, 11) is 3.12. The van der Waals surface area contributed by atoms with Crippen LogP contribution >= 0.6 is 0 Å². The van der Waals surface area contributed by atoms with Gasteiger partial charge in [0.25, 0.3) is 0 Å². The Morgan fingerprint density at radius 2 is 2.00 bits per heavy atom. The fraction of sp³-hybridized carbons (Fsp3) is 0.200. The lowest BCUT2D eigenvalue weighted by Crippen LogP contribution is -2.15. The SMILES string of the molecule is COc1ccc(CC(=O)Nc2ccncc2N)cc1OC. The fourth-order valence-electron chi connectivity index (χ4n) is 1.89. The van der Waals surface area contributed by atoms with Gasteiger partial charge in [0.05, 0.1) is 38.2 Å². The number of hydrogen-bond acceptors (Lipinski definition) is 5. The minimum Gasteiger partial charge on any atom is -0.493 e. The number of carbonyl (C=O) groups is 1. The number of nitrogen functional groups attached to an aromatic ring is 1. The number of anilines is 2. The molecule has 0 aliphatic heterocycles. The van der Waals surface area contributed by atoms with Gasteiger partial charge in [0.15, 0.2) is 11.5 Å². The number of pyridine rings is 1. The van der Waals surface area contributed by atoms with Gasteiger partial charge in [-0.15, -0.1) is 0 Å². The summed E-state index contributed by atoms with van der Waals surface area (Å²) < 4.78 is 10.4. The predicted octanol–water partition coefficient (Wildman–Crippen LogP) is 1.86. The first-order valence-electron chi connectivity index (χ1n) is 6.34. The Kier molecular flexibility index (Phi) is 4.61. The van der Waals surface area contributed by atoms with Gasteiger partial charge in [0, 0.05) is 6.20 Å². The number of ether oxygens (including phenoxy) is 2. The number of nitrogens with two attached hydrogens (primary N) is 1. The summed E-state index contributed by atoms with van der Waals surface area (Å²) in [5, 5.41) is 2.75. The van der Waals surface area contributed by atoms with Crippen LogP contribution in [-0.4, -0.2) is 25.1 Å². The van der Waals surface area contributed by atoms with Gasteiger partial charge >= 0.3 is 0 Å². The van der Waals surface area contributed by atoms with Crippen molar-refractivity contribution in [1.82, 2.24) is 4.98 Å². The van der Waals surface area contributed by atoms with Crippen LogP contribution in [0.4, 0.5) is 11.4 Å². The highest BCUT2D eigenvalue weighted by molar-refractivity contribution is 5.94. The van der Waals surface area contributed by atoms with E-state index in [0.717, 1.165) is 5.56 Å². The molecule has 0 bridgehead atoms. The molecule has 1 aromatic heterocycles. The van der Waals surface area contributed by atoms with Crippen molar-refractivity contribution in [3.05, 3.63) is 42.2 Å². The zero-order valence-electron chi connectivity index (χ0n) is 11.9. The third-order valence-corrected chi connectivity index (χ3v) is 2.94. The van der Waals surface area contributed by atoms with Crippen molar-refractivity contribution in [3.63, 3.8) is 0 Å². The van der Waals surface area contributed by atoms with E-state index in [9.17, 15) is 4.79 Å². The summed E-state index contributed by atoms with van der Waals surface area (Å²) in [5.41, 5.74) is 7.53. The van der Waals surface area contributed by atoms with E-state index in [2.05, 4.69) is 10.3 Å². The zero-order chi connectivity index (χ0) is 15.2. The van der Waals surface area contributed by atoms with E-state index in [1.807, 2.05) is 6.07 Å². The van der Waals surface area contributed by atoms with Gasteiger partial charge in [-0.1, -0.05) is 6.07 Å². The highest BCUT2D eigenvalue weighted by atomic mass is 16.5. The minimum absolute atomic E-state index is 0.167. The third-order valence-electron chi connectivity index (χ3n) is 2.94. The second kappa shape index (κ2) is 6.60. The van der Waals surface area contributed by atoms with Crippen molar-refractivity contribution in [2.75, 3.05) is 25.3 Å². The zero-order valence-corrected chi connectivity index (χ0v) is 11.9. The Balaban J connectivity index is 2.08. The number of methoxy groups -OCH3 is 2. The highest BCUT2D eigenvalue weighted by Crippen LogP contribution is 2.27. The maximum absolute atomic E-state index is 12.0. The van der Waals surface area contributed by atoms with E-state index in [0.29, 0.717) is 22.9 Å². The predicted molar refractivity (Wildman–Crippen MR) is 80.5 cm³/mol. The molecule has 0 saturated heterocycles. The Morgan fingerprint density at radius 1 is 1.24 bits per heavy atom. The lowest BCUT2D eigenvalue weighted by atomic mass is 10.1. The Morgan fingerprint density at radius 3 is 2.67 bits per heavy atom. The molecule has 2 aromatic rings. The quantitative estimate of drug-likeness (QED) is 0.876. The lowest BCUT2D eigenvalue weighted by Gasteiger charge is -2.10. The first-order chi connectivity index (χ1) is 10.1. The smallest absolute Gasteiger partial charge is 0.228 e. The van der Waals surface area contributed by atoms with Crippen LogP contribution in [-0.2, 0) is 11.2 Å². The van der Waals surface area contributed by atoms with E-state index < -0.39 is 0 Å². The molecule has 0 unspecified atom stereocenters. The van der Waals surface area contributed by atoms with Crippen LogP contribution in [0.1, 0.15) is 5.56 Å². The van der Waals surface area contributed by atoms with Crippen molar-refractivity contribution in [2.45, 2.75) is 6.42 Å². The molecule has 0 spiro atoms. The van der Waals surface area contributed by atoms with Crippen LogP contribution in [0.15, 0.2) is 36.7 Å². The number of carbonyl (C=O) groups excluding carboxylic acids is 1. The molecule has 21 heavy (non-hydrogen) atoms. The summed E-state index contributed by atoms with van der Waals surface area (Å²) in [6.07, 6.45) is 3.27. The second-order valence-corrected chi connectivity index (χ2v) is 4.38. The number of nitrogens with one attached hydrogen (secondary N) is 1. The molecule has 1 heterocycles. The van der Waals surface area contributed by atoms with Crippen LogP contribution in [0.5, 0.6) is 11.5 Å². The Bertz CT molecular complexity index is 644. The van der Waals surface area contributed by atoms with Crippen molar-refractivity contribution in [2.24, 2.45) is 0 Å². The number of aromatic nitrogens is 1. The second-order valence-electron chi connectivity index (χ2n) is 4.38. The first-order valence-corrected chi connectivity index (χ1v) is 6.34. The number of amides is 1. The average Bonchev–Trinajstić information content (AvgIpc) is 2.49. The number of rotatable bonds is 5. The molecule has 1 aromatic carbocycles. The topological polar surface area (TPSA) is 86.5 Å². The molecule has 0 radical (unpaired) electrons. The molecule has 2 rings (SSSR count). The standard InChI is InChI=1S/C15H17N3O3/c1-20-13-4-3-10(7-14(13)21-2)8-15(19)18-12-5-6-17-9-11(12)16/h3-7,9H,8,16H2,1-2H3,(H,17,18,19). The van der Waals surface area contributed by atoms with E-state index in [-0.39, 0.29) is 12.3 Å². The summed E-state index contributed by atoms with van der Waals surface area (Å²) in [6.45, 7) is 0. The van der Waals surface area contributed by atoms with Gasteiger partial charge in [-0.25, -0.2) is 0 Å². The van der Waals surface area contributed by atoms with Crippen LogP contribution < -0.4 is 20.5 Å². The van der Waals surface area contributed by atoms with Crippen LogP contribution in [0.25, 0.3) is 0 Å². The van der Waals surface area contributed by atoms with E-state index in [1.54, 1.807) is 38.6 Å². The summed E-state index contributed by atoms with van der Waals surface area (Å²) >= 11 is 0. The molecular formula is C15H17N3O3. The molecular weight excluding hydrogens is 270 g/mol. The van der Waals surface area contributed by atoms with Gasteiger partial charge in [-0.2, -0.15) is 0 Å². The van der Waals surface area contributed by atoms with Gasteiger partial charge < -0.3 is 20.5 Å². The molecule has 0 fully saturated rings. The molecule has 0 saturated carbocycles. The van der Waals surface area contributed by atoms with Gasteiger partial charge in [-0.05, 0) is 23.8 Å². The molecule has 110 valence electrons. The molecule has 0 aliphatic rings. The third kappa shape index (κ3) is 3.62. The van der Waals surface area contributed by atoms with Crippen molar-refractivity contribution in [1.29, 1.82) is 0 Å². The summed E-state index contributed by atoms with van der Waals surface area (Å²) in [6, 6.07) is 7.01. The minimum atomic E-state index is -0.167. The van der Waals surface area contributed by atoms with Crippen molar-refractivity contribution < 1.29 is 14.3 Å². The number of hydrogen-bond donors (Lipinski definition) is 2. The Hall–Kier alpha value is -2.76. The largest absolute Gasteiger partial charge is 0.493 e. The van der Waals surface area contributed by atoms with Crippen LogP contribution in [0.2, 0.25) is 0 Å². The molecule has 6 heteroatoms. The lowest BCUT2D eigenvalue weighted by molar-refractivity contribution is -0.115. The monoisotopic (exact) mass is 287 g/mol. The number of benzene rings is 1. The molecule has 6 nitrogen and oxygen atoms in total. The van der Waals surface area contributed by atoms with Gasteiger partial charge in [0.1, 0.15) is 0 Å². The van der Waals surface area contributed by atoms with Gasteiger partial charge in [-0.3, -0.25) is 9.78 Å². The van der Waals surface area contributed by atoms with E-state index in [1.165, 1.54) is 6.20 Å². The summed E-state index contributed by atoms with van der Waals surface area (Å²) in [4.78, 5) is 15.9. The van der Waals surface area contributed by atoms with Crippen molar-refractivity contribution in [3.8, 4) is 11.5 Å². The average molecular weight is 287 g/mol. The molecule has 1 amide bonds. The fourth-order valence-corrected chi connectivity index (χ4v) is 1.89. The van der Waals surface area contributed by atoms with Crippen LogP contribution in [0.3, 0.4) is 0 Å². The highest BCUT2D eigenvalue weighted by Gasteiger charge is 2.09. The molecule has 0 atom stereocenters. The molecule has 0 aliphatic carbocycles. The Labute approximate surface area is 122 Å². The van der Waals surface area contributed by atoms with Crippen LogP contribution in [0, 0.1) is 0 Å². The summed E-state index contributed by atoms with van der Waals surface area (Å²) in [5.74, 6) is 1.05. The maximum atomic E-state index is 12.0.